The van der Waals surface area contributed by atoms with Crippen molar-refractivity contribution in [2.45, 2.75) is 199 Å². The smallest absolute Gasteiger partial charge is 0.306 e. The highest BCUT2D eigenvalue weighted by Crippen LogP contribution is 2.14. The third-order valence-corrected chi connectivity index (χ3v) is 10.5. The molecule has 0 aromatic heterocycles. The molecule has 0 heterocycles. The van der Waals surface area contributed by atoms with Crippen molar-refractivity contribution < 1.29 is 38.2 Å². The second-order valence-corrected chi connectivity index (χ2v) is 17.1. The van der Waals surface area contributed by atoms with E-state index in [1.165, 1.54) is 103 Å². The van der Waals surface area contributed by atoms with Crippen LogP contribution in [0.5, 0.6) is 0 Å². The normalized spacial score (nSPS) is 13.6. The number of carboxylic acids is 1. The molecule has 0 saturated heterocycles. The monoisotopic (exact) mass is 840 g/mol. The van der Waals surface area contributed by atoms with Gasteiger partial charge in [0, 0.05) is 19.3 Å². The van der Waals surface area contributed by atoms with Crippen LogP contribution in [0.4, 0.5) is 0 Å². The third kappa shape index (κ3) is 40.2. The van der Waals surface area contributed by atoms with E-state index in [0.717, 1.165) is 51.4 Å². The number of ether oxygens (including phenoxy) is 3. The van der Waals surface area contributed by atoms with Gasteiger partial charge in [-0.15, -0.1) is 0 Å². The standard InChI is InChI=1S/C52H89NO7/c1-6-8-10-12-14-16-18-20-22-23-24-25-26-27-29-31-33-35-37-39-41-43-51(55)60-48(46-58-45-44-49(52(56)57)53(3,4)5)47-59-50(54)42-40-38-36-34-32-30-28-21-19-17-15-13-11-9-7-2/h9,11,13,15,17,19,21,25-26,28,30,32,48-49H,6-8,10,12,14,16,18,20,22-24,27,29,31,33-47H2,1-5H3/b11-9+,15-13+,19-17+,26-25+,28-21+,32-30+. The van der Waals surface area contributed by atoms with Crippen LogP contribution in [0.3, 0.4) is 0 Å². The van der Waals surface area contributed by atoms with Crippen molar-refractivity contribution in [3.63, 3.8) is 0 Å². The summed E-state index contributed by atoms with van der Waals surface area (Å²) in [4.78, 5) is 36.9. The maximum Gasteiger partial charge on any atom is 0.306 e. The fourth-order valence-electron chi connectivity index (χ4n) is 6.73. The number of nitrogens with zero attached hydrogens (tertiary/aromatic N) is 1. The van der Waals surface area contributed by atoms with Crippen molar-refractivity contribution in [3.05, 3.63) is 72.9 Å². The summed E-state index contributed by atoms with van der Waals surface area (Å²) >= 11 is 0. The third-order valence-electron chi connectivity index (χ3n) is 10.5. The minimum Gasteiger partial charge on any atom is -0.544 e. The van der Waals surface area contributed by atoms with Crippen LogP contribution in [0.25, 0.3) is 0 Å². The van der Waals surface area contributed by atoms with Gasteiger partial charge in [-0.05, 0) is 57.8 Å². The Morgan fingerprint density at radius 3 is 1.45 bits per heavy atom. The number of rotatable bonds is 42. The molecule has 0 fully saturated rings. The van der Waals surface area contributed by atoms with Gasteiger partial charge in [-0.25, -0.2) is 0 Å². The Kier molecular flexibility index (Phi) is 40.2. The minimum atomic E-state index is -1.13. The predicted octanol–water partition coefficient (Wildman–Crippen LogP) is 12.2. The lowest BCUT2D eigenvalue weighted by Crippen LogP contribution is -2.55. The van der Waals surface area contributed by atoms with E-state index in [9.17, 15) is 19.5 Å². The van der Waals surface area contributed by atoms with Crippen LogP contribution in [0, 0.1) is 0 Å². The number of hydrogen-bond acceptors (Lipinski definition) is 7. The molecule has 60 heavy (non-hydrogen) atoms. The van der Waals surface area contributed by atoms with Gasteiger partial charge in [0.05, 0.1) is 40.3 Å². The van der Waals surface area contributed by atoms with Crippen molar-refractivity contribution in [3.8, 4) is 0 Å². The molecule has 0 aromatic rings. The van der Waals surface area contributed by atoms with E-state index in [1.807, 2.05) is 48.6 Å². The molecule has 0 amide bonds. The molecule has 0 bridgehead atoms. The van der Waals surface area contributed by atoms with Gasteiger partial charge in [0.25, 0.3) is 0 Å². The van der Waals surface area contributed by atoms with Gasteiger partial charge >= 0.3 is 11.9 Å². The van der Waals surface area contributed by atoms with Gasteiger partial charge in [-0.2, -0.15) is 0 Å². The number of aliphatic carboxylic acids is 1. The van der Waals surface area contributed by atoms with Crippen molar-refractivity contribution in [1.29, 1.82) is 0 Å². The average molecular weight is 840 g/mol. The number of hydrogen-bond donors (Lipinski definition) is 0. The quantitative estimate of drug-likeness (QED) is 0.0198. The van der Waals surface area contributed by atoms with Crippen LogP contribution in [0.15, 0.2) is 72.9 Å². The van der Waals surface area contributed by atoms with E-state index >= 15 is 0 Å². The molecule has 2 unspecified atom stereocenters. The van der Waals surface area contributed by atoms with Gasteiger partial charge in [0.15, 0.2) is 6.10 Å². The maximum absolute atomic E-state index is 12.8. The first kappa shape index (κ1) is 56.8. The van der Waals surface area contributed by atoms with Gasteiger partial charge in [-0.3, -0.25) is 9.59 Å². The molecule has 0 rings (SSSR count). The number of quaternary nitrogens is 1. The number of esters is 2. The van der Waals surface area contributed by atoms with Crippen LogP contribution in [0.1, 0.15) is 187 Å². The number of carboxylic acid groups (broad SMARTS) is 1. The molecular weight excluding hydrogens is 751 g/mol. The zero-order valence-electron chi connectivity index (χ0n) is 39.1. The molecule has 0 aliphatic heterocycles. The first-order valence-corrected chi connectivity index (χ1v) is 24.0. The summed E-state index contributed by atoms with van der Waals surface area (Å²) in [6.45, 7) is 4.47. The van der Waals surface area contributed by atoms with E-state index in [4.69, 9.17) is 14.2 Å². The number of likely N-dealkylation sites (N-methyl/N-ethyl adjacent to an activating group) is 1. The van der Waals surface area contributed by atoms with Crippen LogP contribution in [0.2, 0.25) is 0 Å². The molecule has 0 aromatic carbocycles. The molecule has 8 nitrogen and oxygen atoms in total. The Morgan fingerprint density at radius 2 is 0.950 bits per heavy atom. The summed E-state index contributed by atoms with van der Waals surface area (Å²) in [5, 5.41) is 11.6. The molecule has 0 N–H and O–H groups in total. The van der Waals surface area contributed by atoms with Gasteiger partial charge in [0.1, 0.15) is 12.6 Å². The largest absolute Gasteiger partial charge is 0.544 e. The predicted molar refractivity (Wildman–Crippen MR) is 249 cm³/mol. The number of carbonyl (C=O) groups is 3. The first-order chi connectivity index (χ1) is 29.1. The minimum absolute atomic E-state index is 0.0218. The van der Waals surface area contributed by atoms with Crippen molar-refractivity contribution in [2.75, 3.05) is 41.0 Å². The van der Waals surface area contributed by atoms with E-state index in [1.54, 1.807) is 21.1 Å². The zero-order valence-corrected chi connectivity index (χ0v) is 39.1. The zero-order chi connectivity index (χ0) is 44.2. The Labute approximate surface area is 368 Å². The summed E-state index contributed by atoms with van der Waals surface area (Å²) in [5.74, 6) is -1.80. The molecule has 0 aliphatic rings. The summed E-state index contributed by atoms with van der Waals surface area (Å²) in [6, 6.07) is -0.737. The highest BCUT2D eigenvalue weighted by molar-refractivity contribution is 5.70. The number of unbranched alkanes of at least 4 members (excludes halogenated alkanes) is 20. The van der Waals surface area contributed by atoms with E-state index < -0.39 is 18.1 Å². The summed E-state index contributed by atoms with van der Waals surface area (Å²) < 4.78 is 17.2. The summed E-state index contributed by atoms with van der Waals surface area (Å²) in [7, 11) is 5.39. The average Bonchev–Trinajstić information content (AvgIpc) is 3.21. The molecule has 0 radical (unpaired) electrons. The fraction of sp³-hybridized carbons (Fsp3) is 0.712. The van der Waals surface area contributed by atoms with E-state index in [2.05, 4.69) is 38.2 Å². The highest BCUT2D eigenvalue weighted by atomic mass is 16.6. The molecule has 8 heteroatoms. The SMILES string of the molecule is CC/C=C/C=C/C=C/C=C/C=C/CCCCCC(=O)OCC(COCCC(C(=O)[O-])[N+](C)(C)C)OC(=O)CCCCCCCCC/C=C/CCCCCCCCCCCC. The number of allylic oxidation sites excluding steroid dienone is 12. The van der Waals surface area contributed by atoms with Crippen molar-refractivity contribution in [1.82, 2.24) is 0 Å². The van der Waals surface area contributed by atoms with Crippen LogP contribution < -0.4 is 5.11 Å². The molecule has 0 spiro atoms. The summed E-state index contributed by atoms with van der Waals surface area (Å²) in [5.41, 5.74) is 0. The van der Waals surface area contributed by atoms with Gasteiger partial charge in [0.2, 0.25) is 0 Å². The van der Waals surface area contributed by atoms with Crippen molar-refractivity contribution >= 4 is 17.9 Å². The van der Waals surface area contributed by atoms with Crippen LogP contribution >= 0.6 is 0 Å². The summed E-state index contributed by atoms with van der Waals surface area (Å²) in [6.07, 6.45) is 53.6. The number of carbonyl (C=O) groups excluding carboxylic acids is 3. The molecule has 0 aliphatic carbocycles. The van der Waals surface area contributed by atoms with Crippen LogP contribution in [-0.2, 0) is 28.6 Å². The Balaban J connectivity index is 4.34. The lowest BCUT2D eigenvalue weighted by Gasteiger charge is -2.34. The second-order valence-electron chi connectivity index (χ2n) is 17.1. The second kappa shape index (κ2) is 42.5. The van der Waals surface area contributed by atoms with Crippen LogP contribution in [-0.4, -0.2) is 75.5 Å². The topological polar surface area (TPSA) is 102 Å². The van der Waals surface area contributed by atoms with E-state index in [-0.39, 0.29) is 42.7 Å². The molecule has 0 saturated carbocycles. The van der Waals surface area contributed by atoms with Gasteiger partial charge in [-0.1, -0.05) is 183 Å². The maximum atomic E-state index is 12.8. The van der Waals surface area contributed by atoms with Crippen molar-refractivity contribution in [2.24, 2.45) is 0 Å². The Hall–Kier alpha value is -3.23. The Bertz CT molecular complexity index is 1210. The lowest BCUT2D eigenvalue weighted by atomic mass is 10.1. The lowest BCUT2D eigenvalue weighted by molar-refractivity contribution is -0.889. The molecular formula is C52H89NO7. The highest BCUT2D eigenvalue weighted by Gasteiger charge is 2.25. The van der Waals surface area contributed by atoms with Gasteiger partial charge < -0.3 is 28.6 Å². The molecule has 344 valence electrons. The fourth-order valence-corrected chi connectivity index (χ4v) is 6.73. The Morgan fingerprint density at radius 1 is 0.517 bits per heavy atom. The first-order valence-electron chi connectivity index (χ1n) is 24.0. The van der Waals surface area contributed by atoms with E-state index in [0.29, 0.717) is 12.8 Å². The molecule has 2 atom stereocenters.